The first-order valence-corrected chi connectivity index (χ1v) is 6.07. The van der Waals surface area contributed by atoms with E-state index in [-0.39, 0.29) is 11.9 Å². The Bertz CT molecular complexity index is 482. The molecule has 0 fully saturated rings. The van der Waals surface area contributed by atoms with Gasteiger partial charge in [0.25, 0.3) is 0 Å². The van der Waals surface area contributed by atoms with Crippen molar-refractivity contribution >= 4 is 11.8 Å². The molecular formula is C14H18N2O2. The van der Waals surface area contributed by atoms with E-state index in [1.807, 2.05) is 43.0 Å². The summed E-state index contributed by atoms with van der Waals surface area (Å²) in [5.74, 6) is 0.240. The second-order valence-electron chi connectivity index (χ2n) is 4.85. The van der Waals surface area contributed by atoms with Crippen molar-refractivity contribution in [3.8, 4) is 0 Å². The molecule has 0 amide bonds. The van der Waals surface area contributed by atoms with Crippen LogP contribution in [0.3, 0.4) is 0 Å². The summed E-state index contributed by atoms with van der Waals surface area (Å²) < 4.78 is 4.86. The Kier molecular flexibility index (Phi) is 3.36. The number of esters is 1. The Labute approximate surface area is 107 Å². The molecule has 2 rings (SSSR count). The van der Waals surface area contributed by atoms with Gasteiger partial charge in [0.15, 0.2) is 0 Å². The van der Waals surface area contributed by atoms with Gasteiger partial charge in [-0.1, -0.05) is 38.1 Å². The summed E-state index contributed by atoms with van der Waals surface area (Å²) in [7, 11) is 1.39. The lowest BCUT2D eigenvalue weighted by atomic mass is 10.0. The van der Waals surface area contributed by atoms with Gasteiger partial charge in [-0.2, -0.15) is 0 Å². The molecule has 0 bridgehead atoms. The number of nitrogens with zero attached hydrogens (tertiary/aromatic N) is 1. The van der Waals surface area contributed by atoms with Gasteiger partial charge in [-0.3, -0.25) is 5.41 Å². The van der Waals surface area contributed by atoms with Crippen LogP contribution in [-0.2, 0) is 16.1 Å². The van der Waals surface area contributed by atoms with Crippen LogP contribution in [0.5, 0.6) is 0 Å². The molecule has 1 aliphatic heterocycles. The number of carbonyl (C=O) groups is 1. The SMILES string of the molecule is COC(=O)C(C(C)C)N1Cc2ccccc2C1=N. The van der Waals surface area contributed by atoms with Crippen LogP contribution in [-0.4, -0.2) is 29.9 Å². The van der Waals surface area contributed by atoms with Gasteiger partial charge in [0.05, 0.1) is 7.11 Å². The molecule has 1 aliphatic rings. The van der Waals surface area contributed by atoms with Crippen LogP contribution in [0.25, 0.3) is 0 Å². The van der Waals surface area contributed by atoms with Crippen molar-refractivity contribution in [1.82, 2.24) is 4.90 Å². The van der Waals surface area contributed by atoms with Crippen LogP contribution >= 0.6 is 0 Å². The molecule has 18 heavy (non-hydrogen) atoms. The van der Waals surface area contributed by atoms with Crippen molar-refractivity contribution < 1.29 is 9.53 Å². The first kappa shape index (κ1) is 12.6. The summed E-state index contributed by atoms with van der Waals surface area (Å²) in [6, 6.07) is 7.40. The van der Waals surface area contributed by atoms with Crippen molar-refractivity contribution in [2.45, 2.75) is 26.4 Å². The first-order chi connectivity index (χ1) is 8.56. The van der Waals surface area contributed by atoms with Gasteiger partial charge in [0.1, 0.15) is 11.9 Å². The zero-order valence-electron chi connectivity index (χ0n) is 10.9. The Hall–Kier alpha value is -1.84. The van der Waals surface area contributed by atoms with E-state index in [4.69, 9.17) is 10.1 Å². The quantitative estimate of drug-likeness (QED) is 0.830. The molecule has 1 aromatic carbocycles. The molecule has 4 nitrogen and oxygen atoms in total. The van der Waals surface area contributed by atoms with Crippen LogP contribution in [0.1, 0.15) is 25.0 Å². The smallest absolute Gasteiger partial charge is 0.328 e. The first-order valence-electron chi connectivity index (χ1n) is 6.07. The maximum Gasteiger partial charge on any atom is 0.328 e. The third kappa shape index (κ3) is 1.98. The van der Waals surface area contributed by atoms with Gasteiger partial charge in [0, 0.05) is 12.1 Å². The van der Waals surface area contributed by atoms with Gasteiger partial charge in [-0.25, -0.2) is 4.79 Å². The molecule has 4 heteroatoms. The lowest BCUT2D eigenvalue weighted by Crippen LogP contribution is -2.45. The van der Waals surface area contributed by atoms with E-state index in [1.54, 1.807) is 0 Å². The molecule has 0 aliphatic carbocycles. The Balaban J connectivity index is 2.31. The number of hydrogen-bond acceptors (Lipinski definition) is 3. The predicted molar refractivity (Wildman–Crippen MR) is 69.5 cm³/mol. The zero-order chi connectivity index (χ0) is 13.3. The predicted octanol–water partition coefficient (Wildman–Crippen LogP) is 2.03. The molecule has 1 N–H and O–H groups in total. The summed E-state index contributed by atoms with van der Waals surface area (Å²) in [6.45, 7) is 4.54. The minimum Gasteiger partial charge on any atom is -0.467 e. The maximum atomic E-state index is 11.9. The molecule has 1 atom stereocenters. The highest BCUT2D eigenvalue weighted by Crippen LogP contribution is 2.27. The summed E-state index contributed by atoms with van der Waals surface area (Å²) in [6.07, 6.45) is 0. The molecule has 0 saturated heterocycles. The highest BCUT2D eigenvalue weighted by atomic mass is 16.5. The molecule has 1 aromatic rings. The Morgan fingerprint density at radius 1 is 1.39 bits per heavy atom. The summed E-state index contributed by atoms with van der Waals surface area (Å²) in [5, 5.41) is 8.20. The van der Waals surface area contributed by atoms with Crippen molar-refractivity contribution in [3.05, 3.63) is 35.4 Å². The van der Waals surface area contributed by atoms with E-state index in [2.05, 4.69) is 0 Å². The second-order valence-corrected chi connectivity index (χ2v) is 4.85. The molecular weight excluding hydrogens is 228 g/mol. The van der Waals surface area contributed by atoms with E-state index >= 15 is 0 Å². The summed E-state index contributed by atoms with van der Waals surface area (Å²) >= 11 is 0. The van der Waals surface area contributed by atoms with Crippen LogP contribution in [0, 0.1) is 11.3 Å². The highest BCUT2D eigenvalue weighted by molar-refractivity contribution is 6.02. The third-order valence-electron chi connectivity index (χ3n) is 3.31. The third-order valence-corrected chi connectivity index (χ3v) is 3.31. The van der Waals surface area contributed by atoms with Gasteiger partial charge in [-0.15, -0.1) is 0 Å². The molecule has 1 unspecified atom stereocenters. The van der Waals surface area contributed by atoms with Crippen molar-refractivity contribution in [2.75, 3.05) is 7.11 Å². The molecule has 0 spiro atoms. The van der Waals surface area contributed by atoms with Gasteiger partial charge < -0.3 is 9.64 Å². The minimum atomic E-state index is -0.394. The normalized spacial score (nSPS) is 15.8. The van der Waals surface area contributed by atoms with E-state index in [9.17, 15) is 4.79 Å². The van der Waals surface area contributed by atoms with Crippen LogP contribution < -0.4 is 0 Å². The number of rotatable bonds is 3. The summed E-state index contributed by atoms with van der Waals surface area (Å²) in [4.78, 5) is 13.7. The fraction of sp³-hybridized carbons (Fsp3) is 0.429. The fourth-order valence-electron chi connectivity index (χ4n) is 2.42. The molecule has 0 saturated carbocycles. The van der Waals surface area contributed by atoms with E-state index < -0.39 is 6.04 Å². The van der Waals surface area contributed by atoms with Crippen molar-refractivity contribution in [2.24, 2.45) is 5.92 Å². The molecule has 1 heterocycles. The average molecular weight is 246 g/mol. The number of hydrogen-bond donors (Lipinski definition) is 1. The maximum absolute atomic E-state index is 11.9. The lowest BCUT2D eigenvalue weighted by Gasteiger charge is -2.30. The van der Waals surface area contributed by atoms with Crippen molar-refractivity contribution in [1.29, 1.82) is 5.41 Å². The number of ether oxygens (including phenoxy) is 1. The number of amidine groups is 1. The zero-order valence-corrected chi connectivity index (χ0v) is 10.9. The van der Waals surface area contributed by atoms with Gasteiger partial charge >= 0.3 is 5.97 Å². The van der Waals surface area contributed by atoms with E-state index in [0.29, 0.717) is 12.4 Å². The molecule has 0 aromatic heterocycles. The van der Waals surface area contributed by atoms with Crippen LogP contribution in [0.2, 0.25) is 0 Å². The standard InChI is InChI=1S/C14H18N2O2/c1-9(2)12(14(17)18-3)16-8-10-6-4-5-7-11(10)13(16)15/h4-7,9,12,15H,8H2,1-3H3. The van der Waals surface area contributed by atoms with E-state index in [0.717, 1.165) is 11.1 Å². The molecule has 0 radical (unpaired) electrons. The number of fused-ring (bicyclic) bond motifs is 1. The second kappa shape index (κ2) is 4.80. The van der Waals surface area contributed by atoms with Crippen LogP contribution in [0.15, 0.2) is 24.3 Å². The Morgan fingerprint density at radius 3 is 2.61 bits per heavy atom. The molecule has 96 valence electrons. The average Bonchev–Trinajstić information content (AvgIpc) is 2.67. The largest absolute Gasteiger partial charge is 0.467 e. The van der Waals surface area contributed by atoms with Gasteiger partial charge in [0.2, 0.25) is 0 Å². The minimum absolute atomic E-state index is 0.104. The summed E-state index contributed by atoms with van der Waals surface area (Å²) in [5.41, 5.74) is 2.00. The van der Waals surface area contributed by atoms with Crippen LogP contribution in [0.4, 0.5) is 0 Å². The number of carbonyl (C=O) groups excluding carboxylic acids is 1. The Morgan fingerprint density at radius 2 is 2.06 bits per heavy atom. The number of benzene rings is 1. The van der Waals surface area contributed by atoms with E-state index in [1.165, 1.54) is 7.11 Å². The van der Waals surface area contributed by atoms with Crippen molar-refractivity contribution in [3.63, 3.8) is 0 Å². The fourth-order valence-corrected chi connectivity index (χ4v) is 2.42. The highest BCUT2D eigenvalue weighted by Gasteiger charge is 2.36. The number of nitrogens with one attached hydrogen (secondary N) is 1. The topological polar surface area (TPSA) is 53.4 Å². The monoisotopic (exact) mass is 246 g/mol. The van der Waals surface area contributed by atoms with Gasteiger partial charge in [-0.05, 0) is 11.5 Å². The number of methoxy groups -OCH3 is 1. The lowest BCUT2D eigenvalue weighted by molar-refractivity contribution is -0.147.